The first-order valence-corrected chi connectivity index (χ1v) is 13.5. The van der Waals surface area contributed by atoms with Crippen molar-refractivity contribution < 1.29 is 19.4 Å². The Morgan fingerprint density at radius 3 is 2.03 bits per heavy atom. The van der Waals surface area contributed by atoms with E-state index in [-0.39, 0.29) is 35.5 Å². The molecule has 1 fully saturated rings. The summed E-state index contributed by atoms with van der Waals surface area (Å²) in [6, 6.07) is 0. The normalized spacial score (nSPS) is 22.9. The van der Waals surface area contributed by atoms with Gasteiger partial charge in [0.2, 0.25) is 0 Å². The van der Waals surface area contributed by atoms with Crippen LogP contribution in [0.5, 0.6) is 0 Å². The van der Waals surface area contributed by atoms with Gasteiger partial charge in [-0.15, -0.1) is 0 Å². The number of carboxylic acids is 1. The van der Waals surface area contributed by atoms with Gasteiger partial charge in [0.1, 0.15) is 6.10 Å². The lowest BCUT2D eigenvalue weighted by molar-refractivity contribution is -0.168. The van der Waals surface area contributed by atoms with Gasteiger partial charge >= 0.3 is 11.9 Å². The lowest BCUT2D eigenvalue weighted by atomic mass is 9.65. The molecule has 0 radical (unpaired) electrons. The zero-order valence-corrected chi connectivity index (χ0v) is 21.8. The Bertz CT molecular complexity index is 554. The summed E-state index contributed by atoms with van der Waals surface area (Å²) in [5, 5.41) is 13.4. The molecule has 5 heteroatoms. The Hall–Kier alpha value is -1.10. The SMILES string of the molecule is CCCCCCCCC(CC(=O)O)C(=O)OC1CC(CC)(CC)NC(CC)(CC)C1CC. The van der Waals surface area contributed by atoms with Crippen LogP contribution in [0, 0.1) is 11.8 Å². The third-order valence-electron chi connectivity index (χ3n) is 8.25. The van der Waals surface area contributed by atoms with E-state index in [0.717, 1.165) is 57.8 Å². The first kappa shape index (κ1) is 28.9. The molecular weight excluding hydrogens is 402 g/mol. The topological polar surface area (TPSA) is 75.6 Å². The van der Waals surface area contributed by atoms with Crippen LogP contribution in [0.2, 0.25) is 0 Å². The number of carbonyl (C=O) groups excluding carboxylic acids is 1. The highest BCUT2D eigenvalue weighted by atomic mass is 16.5. The van der Waals surface area contributed by atoms with Crippen LogP contribution in [0.1, 0.15) is 131 Å². The van der Waals surface area contributed by atoms with Gasteiger partial charge in [0.25, 0.3) is 0 Å². The van der Waals surface area contributed by atoms with Gasteiger partial charge in [-0.2, -0.15) is 0 Å². The fourth-order valence-corrected chi connectivity index (χ4v) is 5.93. The van der Waals surface area contributed by atoms with Crippen LogP contribution in [0.25, 0.3) is 0 Å². The second-order valence-corrected chi connectivity index (χ2v) is 10.0. The maximum Gasteiger partial charge on any atom is 0.309 e. The average molecular weight is 454 g/mol. The van der Waals surface area contributed by atoms with Crippen molar-refractivity contribution in [1.82, 2.24) is 5.32 Å². The Balaban J connectivity index is 2.97. The lowest BCUT2D eigenvalue weighted by Crippen LogP contribution is -2.68. The van der Waals surface area contributed by atoms with E-state index in [4.69, 9.17) is 4.74 Å². The Morgan fingerprint density at radius 1 is 0.938 bits per heavy atom. The van der Waals surface area contributed by atoms with Gasteiger partial charge in [-0.1, -0.05) is 80.1 Å². The Morgan fingerprint density at radius 2 is 1.53 bits per heavy atom. The van der Waals surface area contributed by atoms with E-state index < -0.39 is 11.9 Å². The number of unbranched alkanes of at least 4 members (excludes halogenated alkanes) is 5. The third kappa shape index (κ3) is 7.74. The van der Waals surface area contributed by atoms with Crippen LogP contribution in [-0.2, 0) is 14.3 Å². The minimum absolute atomic E-state index is 0.0375. The summed E-state index contributed by atoms with van der Waals surface area (Å²) in [5.41, 5.74) is -0.0876. The minimum atomic E-state index is -0.914. The van der Waals surface area contributed by atoms with Gasteiger partial charge < -0.3 is 15.2 Å². The summed E-state index contributed by atoms with van der Waals surface area (Å²) in [6.45, 7) is 13.3. The number of carbonyl (C=O) groups is 2. The average Bonchev–Trinajstić information content (AvgIpc) is 2.79. The van der Waals surface area contributed by atoms with Crippen molar-refractivity contribution in [3.8, 4) is 0 Å². The molecule has 0 aromatic heterocycles. The number of nitrogens with one attached hydrogen (secondary N) is 1. The predicted octanol–water partition coefficient (Wildman–Crippen LogP) is 6.88. The standard InChI is InChI=1S/C27H51NO4/c1-7-13-14-15-16-17-18-21(19-24(29)30)25(31)32-23-20-26(9-3,10-4)28-27(11-5,12-6)22(23)8-2/h21-23,28H,7-20H2,1-6H3,(H,29,30). The summed E-state index contributed by atoms with van der Waals surface area (Å²) in [6.07, 6.45) is 12.8. The monoisotopic (exact) mass is 453 g/mol. The predicted molar refractivity (Wildman–Crippen MR) is 132 cm³/mol. The molecule has 2 N–H and O–H groups in total. The summed E-state index contributed by atoms with van der Waals surface area (Å²) in [4.78, 5) is 24.7. The van der Waals surface area contributed by atoms with Gasteiger partial charge in [-0.3, -0.25) is 9.59 Å². The molecule has 0 amide bonds. The summed E-state index contributed by atoms with van der Waals surface area (Å²) in [7, 11) is 0. The molecule has 0 aromatic carbocycles. The van der Waals surface area contributed by atoms with Crippen molar-refractivity contribution in [2.24, 2.45) is 11.8 Å². The zero-order valence-electron chi connectivity index (χ0n) is 21.8. The van der Waals surface area contributed by atoms with Crippen molar-refractivity contribution in [2.75, 3.05) is 0 Å². The molecule has 0 aromatic rings. The van der Waals surface area contributed by atoms with E-state index in [0.29, 0.717) is 6.42 Å². The zero-order chi connectivity index (χ0) is 24.2. The minimum Gasteiger partial charge on any atom is -0.481 e. The summed E-state index contributed by atoms with van der Waals surface area (Å²) < 4.78 is 6.23. The van der Waals surface area contributed by atoms with Gasteiger partial charge in [0.05, 0.1) is 12.3 Å². The second-order valence-electron chi connectivity index (χ2n) is 10.0. The lowest BCUT2D eigenvalue weighted by Gasteiger charge is -2.56. The molecule has 0 saturated carbocycles. The van der Waals surface area contributed by atoms with Crippen molar-refractivity contribution in [1.29, 1.82) is 0 Å². The number of hydrogen-bond acceptors (Lipinski definition) is 4. The first-order valence-electron chi connectivity index (χ1n) is 13.5. The largest absolute Gasteiger partial charge is 0.481 e. The highest BCUT2D eigenvalue weighted by molar-refractivity contribution is 5.79. The molecule has 1 heterocycles. The molecule has 188 valence electrons. The molecule has 1 rings (SSSR count). The molecule has 0 aliphatic carbocycles. The fraction of sp³-hybridized carbons (Fsp3) is 0.926. The number of esters is 1. The molecule has 0 spiro atoms. The van der Waals surface area contributed by atoms with Crippen LogP contribution >= 0.6 is 0 Å². The quantitative estimate of drug-likeness (QED) is 0.197. The van der Waals surface area contributed by atoms with E-state index in [2.05, 4.69) is 46.9 Å². The van der Waals surface area contributed by atoms with Crippen LogP contribution in [0.15, 0.2) is 0 Å². The van der Waals surface area contributed by atoms with E-state index in [1.165, 1.54) is 19.3 Å². The molecule has 3 unspecified atom stereocenters. The molecule has 3 atom stereocenters. The maximum absolute atomic E-state index is 13.2. The van der Waals surface area contributed by atoms with Gasteiger partial charge in [-0.25, -0.2) is 0 Å². The first-order chi connectivity index (χ1) is 15.3. The Kier molecular flexibility index (Phi) is 12.9. The van der Waals surface area contributed by atoms with E-state index in [1.54, 1.807) is 0 Å². The van der Waals surface area contributed by atoms with Crippen molar-refractivity contribution in [3.05, 3.63) is 0 Å². The van der Waals surface area contributed by atoms with E-state index >= 15 is 0 Å². The van der Waals surface area contributed by atoms with Gasteiger partial charge in [0, 0.05) is 23.4 Å². The van der Waals surface area contributed by atoms with Crippen molar-refractivity contribution >= 4 is 11.9 Å². The molecule has 1 aliphatic heterocycles. The van der Waals surface area contributed by atoms with Crippen LogP contribution < -0.4 is 5.32 Å². The van der Waals surface area contributed by atoms with Gasteiger partial charge in [-0.05, 0) is 38.5 Å². The number of piperidine rings is 1. The number of aliphatic carboxylic acids is 1. The molecule has 1 aliphatic rings. The van der Waals surface area contributed by atoms with Gasteiger partial charge in [0.15, 0.2) is 0 Å². The number of hydrogen-bond donors (Lipinski definition) is 2. The molecule has 5 nitrogen and oxygen atoms in total. The molecular formula is C27H51NO4. The van der Waals surface area contributed by atoms with Crippen molar-refractivity contribution in [3.63, 3.8) is 0 Å². The van der Waals surface area contributed by atoms with Crippen LogP contribution in [-0.4, -0.2) is 34.2 Å². The molecule has 0 bridgehead atoms. The highest BCUT2D eigenvalue weighted by Gasteiger charge is 2.51. The smallest absolute Gasteiger partial charge is 0.309 e. The summed E-state index contributed by atoms with van der Waals surface area (Å²) in [5.74, 6) is -1.51. The van der Waals surface area contributed by atoms with Crippen LogP contribution in [0.4, 0.5) is 0 Å². The molecule has 32 heavy (non-hydrogen) atoms. The third-order valence-corrected chi connectivity index (χ3v) is 8.25. The maximum atomic E-state index is 13.2. The number of rotatable bonds is 16. The van der Waals surface area contributed by atoms with Crippen molar-refractivity contribution in [2.45, 2.75) is 149 Å². The van der Waals surface area contributed by atoms with E-state index in [1.807, 2.05) is 0 Å². The second kappa shape index (κ2) is 14.2. The number of carboxylic acid groups (broad SMARTS) is 1. The molecule has 1 saturated heterocycles. The Labute approximate surface area is 197 Å². The van der Waals surface area contributed by atoms with E-state index in [9.17, 15) is 14.7 Å². The number of ether oxygens (including phenoxy) is 1. The highest BCUT2D eigenvalue weighted by Crippen LogP contribution is 2.44. The summed E-state index contributed by atoms with van der Waals surface area (Å²) >= 11 is 0. The fourth-order valence-electron chi connectivity index (χ4n) is 5.93. The van der Waals surface area contributed by atoms with Crippen LogP contribution in [0.3, 0.4) is 0 Å².